The van der Waals surface area contributed by atoms with Crippen molar-refractivity contribution in [3.8, 4) is 11.1 Å². The standard InChI is InChI=1S/C27H22FNO/c1-2-3-9-19-14-15-25(28)26(16-19)29-27(30)24-18-22(20-10-5-4-6-11-20)17-21-12-7-8-13-23(21)24/h3-18H,2H2,1H3,(H,29,30)/b9-3+. The lowest BCUT2D eigenvalue weighted by Gasteiger charge is -2.12. The van der Waals surface area contributed by atoms with Crippen LogP contribution < -0.4 is 5.32 Å². The Morgan fingerprint density at radius 2 is 1.67 bits per heavy atom. The molecule has 3 heteroatoms. The van der Waals surface area contributed by atoms with Crippen LogP contribution in [0.5, 0.6) is 0 Å². The van der Waals surface area contributed by atoms with Gasteiger partial charge < -0.3 is 5.32 Å². The average molecular weight is 395 g/mol. The van der Waals surface area contributed by atoms with Crippen molar-refractivity contribution in [2.24, 2.45) is 0 Å². The van der Waals surface area contributed by atoms with E-state index in [4.69, 9.17) is 0 Å². The summed E-state index contributed by atoms with van der Waals surface area (Å²) in [6, 6.07) is 26.3. The molecule has 30 heavy (non-hydrogen) atoms. The number of hydrogen-bond acceptors (Lipinski definition) is 1. The van der Waals surface area contributed by atoms with Gasteiger partial charge in [0, 0.05) is 5.56 Å². The maximum atomic E-state index is 14.4. The molecule has 1 amide bonds. The molecule has 0 aliphatic heterocycles. The monoisotopic (exact) mass is 395 g/mol. The molecule has 0 saturated carbocycles. The SMILES string of the molecule is CC/C=C/c1ccc(F)c(NC(=O)c2cc(-c3ccccc3)cc3ccccc23)c1. The van der Waals surface area contributed by atoms with E-state index in [9.17, 15) is 9.18 Å². The summed E-state index contributed by atoms with van der Waals surface area (Å²) in [5, 5.41) is 4.56. The fourth-order valence-electron chi connectivity index (χ4n) is 3.48. The van der Waals surface area contributed by atoms with Crippen LogP contribution in [0.2, 0.25) is 0 Å². The van der Waals surface area contributed by atoms with Gasteiger partial charge in [0.15, 0.2) is 0 Å². The van der Waals surface area contributed by atoms with Crippen molar-refractivity contribution in [1.29, 1.82) is 0 Å². The van der Waals surface area contributed by atoms with Crippen molar-refractivity contribution < 1.29 is 9.18 Å². The van der Waals surface area contributed by atoms with Crippen LogP contribution in [0, 0.1) is 5.82 Å². The summed E-state index contributed by atoms with van der Waals surface area (Å²) in [4.78, 5) is 13.2. The predicted octanol–water partition coefficient (Wildman–Crippen LogP) is 7.32. The van der Waals surface area contributed by atoms with Gasteiger partial charge in [0.05, 0.1) is 5.69 Å². The number of nitrogens with one attached hydrogen (secondary N) is 1. The molecule has 0 radical (unpaired) electrons. The molecule has 0 fully saturated rings. The van der Waals surface area contributed by atoms with E-state index in [-0.39, 0.29) is 11.6 Å². The third-order valence-electron chi connectivity index (χ3n) is 5.00. The number of rotatable bonds is 5. The molecule has 0 aliphatic rings. The lowest BCUT2D eigenvalue weighted by molar-refractivity contribution is 0.102. The van der Waals surface area contributed by atoms with Gasteiger partial charge in [-0.15, -0.1) is 0 Å². The first-order valence-corrected chi connectivity index (χ1v) is 10.0. The van der Waals surface area contributed by atoms with Crippen molar-refractivity contribution in [3.63, 3.8) is 0 Å². The maximum Gasteiger partial charge on any atom is 0.256 e. The Labute approximate surface area is 175 Å². The molecule has 4 aromatic rings. The molecule has 4 rings (SSSR count). The van der Waals surface area contributed by atoms with Crippen LogP contribution in [0.3, 0.4) is 0 Å². The number of hydrogen-bond donors (Lipinski definition) is 1. The molecule has 0 saturated heterocycles. The molecular weight excluding hydrogens is 373 g/mol. The topological polar surface area (TPSA) is 29.1 Å². The third kappa shape index (κ3) is 4.15. The van der Waals surface area contributed by atoms with E-state index in [1.807, 2.05) is 79.7 Å². The quantitative estimate of drug-likeness (QED) is 0.377. The molecule has 0 aliphatic carbocycles. The van der Waals surface area contributed by atoms with Crippen LogP contribution in [-0.4, -0.2) is 5.91 Å². The third-order valence-corrected chi connectivity index (χ3v) is 5.00. The van der Waals surface area contributed by atoms with Crippen LogP contribution in [0.15, 0.2) is 91.0 Å². The zero-order chi connectivity index (χ0) is 20.9. The Bertz CT molecular complexity index is 1230. The van der Waals surface area contributed by atoms with Gasteiger partial charge in [0.1, 0.15) is 5.82 Å². The Balaban J connectivity index is 1.76. The first-order chi connectivity index (χ1) is 14.7. The molecule has 2 nitrogen and oxygen atoms in total. The number of allylic oxidation sites excluding steroid dienone is 1. The largest absolute Gasteiger partial charge is 0.319 e. The average Bonchev–Trinajstić information content (AvgIpc) is 2.79. The zero-order valence-corrected chi connectivity index (χ0v) is 16.7. The van der Waals surface area contributed by atoms with E-state index >= 15 is 0 Å². The Morgan fingerprint density at radius 3 is 2.47 bits per heavy atom. The van der Waals surface area contributed by atoms with Crippen molar-refractivity contribution in [2.75, 3.05) is 5.32 Å². The summed E-state index contributed by atoms with van der Waals surface area (Å²) in [5.41, 5.74) is 3.50. The van der Waals surface area contributed by atoms with Gasteiger partial charge in [0.25, 0.3) is 5.91 Å². The van der Waals surface area contributed by atoms with E-state index < -0.39 is 5.82 Å². The van der Waals surface area contributed by atoms with Crippen LogP contribution in [0.25, 0.3) is 28.0 Å². The summed E-state index contributed by atoms with van der Waals surface area (Å²) < 4.78 is 14.4. The highest BCUT2D eigenvalue weighted by Crippen LogP contribution is 2.29. The predicted molar refractivity (Wildman–Crippen MR) is 123 cm³/mol. The van der Waals surface area contributed by atoms with Crippen molar-refractivity contribution in [1.82, 2.24) is 0 Å². The first kappa shape index (κ1) is 19.6. The molecular formula is C27H22FNO. The molecule has 0 spiro atoms. The van der Waals surface area contributed by atoms with Crippen LogP contribution in [-0.2, 0) is 0 Å². The molecule has 0 heterocycles. The molecule has 0 aromatic heterocycles. The van der Waals surface area contributed by atoms with Crippen molar-refractivity contribution in [2.45, 2.75) is 13.3 Å². The number of amides is 1. The Morgan fingerprint density at radius 1 is 0.900 bits per heavy atom. The summed E-state index contributed by atoms with van der Waals surface area (Å²) in [7, 11) is 0. The minimum absolute atomic E-state index is 0.174. The highest BCUT2D eigenvalue weighted by Gasteiger charge is 2.15. The minimum atomic E-state index is -0.458. The lowest BCUT2D eigenvalue weighted by atomic mass is 9.96. The van der Waals surface area contributed by atoms with Crippen molar-refractivity contribution in [3.05, 3.63) is 108 Å². The number of anilines is 1. The molecule has 0 bridgehead atoms. The van der Waals surface area contributed by atoms with Crippen molar-refractivity contribution >= 4 is 28.4 Å². The number of benzene rings is 4. The van der Waals surface area contributed by atoms with E-state index in [1.165, 1.54) is 6.07 Å². The van der Waals surface area contributed by atoms with Gasteiger partial charge in [-0.2, -0.15) is 0 Å². The summed E-state index contributed by atoms with van der Waals surface area (Å²) >= 11 is 0. The van der Waals surface area contributed by atoms with Gasteiger partial charge >= 0.3 is 0 Å². The van der Waals surface area contributed by atoms with Gasteiger partial charge in [-0.25, -0.2) is 4.39 Å². The highest BCUT2D eigenvalue weighted by atomic mass is 19.1. The van der Waals surface area contributed by atoms with E-state index in [0.717, 1.165) is 33.9 Å². The molecule has 1 N–H and O–H groups in total. The molecule has 148 valence electrons. The van der Waals surface area contributed by atoms with E-state index in [2.05, 4.69) is 11.4 Å². The van der Waals surface area contributed by atoms with Crippen LogP contribution in [0.4, 0.5) is 10.1 Å². The van der Waals surface area contributed by atoms with E-state index in [0.29, 0.717) is 5.56 Å². The van der Waals surface area contributed by atoms with Gasteiger partial charge in [-0.3, -0.25) is 4.79 Å². The summed E-state index contributed by atoms with van der Waals surface area (Å²) in [6.45, 7) is 2.04. The fraction of sp³-hybridized carbons (Fsp3) is 0.0741. The minimum Gasteiger partial charge on any atom is -0.319 e. The fourth-order valence-corrected chi connectivity index (χ4v) is 3.48. The normalized spacial score (nSPS) is 11.1. The molecule has 0 unspecified atom stereocenters. The number of halogens is 1. The molecule has 4 aromatic carbocycles. The number of carbonyl (C=O) groups excluding carboxylic acids is 1. The molecule has 0 atom stereocenters. The second-order valence-corrected chi connectivity index (χ2v) is 7.11. The van der Waals surface area contributed by atoms with Crippen LogP contribution >= 0.6 is 0 Å². The zero-order valence-electron chi connectivity index (χ0n) is 16.7. The summed E-state index contributed by atoms with van der Waals surface area (Å²) in [6.07, 6.45) is 4.80. The number of fused-ring (bicyclic) bond motifs is 1. The second kappa shape index (κ2) is 8.75. The van der Waals surface area contributed by atoms with Gasteiger partial charge in [-0.1, -0.05) is 79.7 Å². The Kier molecular flexibility index (Phi) is 5.71. The van der Waals surface area contributed by atoms with Crippen LogP contribution in [0.1, 0.15) is 29.3 Å². The van der Waals surface area contributed by atoms with Gasteiger partial charge in [-0.05, 0) is 58.1 Å². The first-order valence-electron chi connectivity index (χ1n) is 10.0. The van der Waals surface area contributed by atoms with Gasteiger partial charge in [0.2, 0.25) is 0 Å². The maximum absolute atomic E-state index is 14.4. The van der Waals surface area contributed by atoms with E-state index in [1.54, 1.807) is 12.1 Å². The summed E-state index contributed by atoms with van der Waals surface area (Å²) in [5.74, 6) is -0.792. The number of carbonyl (C=O) groups is 1. The lowest BCUT2D eigenvalue weighted by Crippen LogP contribution is -2.14. The highest BCUT2D eigenvalue weighted by molar-refractivity contribution is 6.14. The Hall–Kier alpha value is -3.72. The second-order valence-electron chi connectivity index (χ2n) is 7.11. The smallest absolute Gasteiger partial charge is 0.256 e.